The Kier molecular flexibility index (Phi) is 4.28. The molecule has 8 nitrogen and oxygen atoms in total. The van der Waals surface area contributed by atoms with Gasteiger partial charge in [-0.2, -0.15) is 0 Å². The fourth-order valence-corrected chi connectivity index (χ4v) is 3.17. The van der Waals surface area contributed by atoms with Gasteiger partial charge in [0.1, 0.15) is 5.56 Å². The molecule has 0 fully saturated rings. The summed E-state index contributed by atoms with van der Waals surface area (Å²) in [7, 11) is 0. The van der Waals surface area contributed by atoms with Gasteiger partial charge in [-0.25, -0.2) is 9.59 Å². The van der Waals surface area contributed by atoms with E-state index in [0.717, 1.165) is 0 Å². The Hall–Kier alpha value is -3.73. The number of ether oxygens (including phenoxy) is 3. The summed E-state index contributed by atoms with van der Waals surface area (Å²) in [5.74, 6) is 2.56. The van der Waals surface area contributed by atoms with Crippen molar-refractivity contribution in [1.82, 2.24) is 4.57 Å². The maximum absolute atomic E-state index is 13.0. The molecule has 1 aromatic carbocycles. The van der Waals surface area contributed by atoms with Gasteiger partial charge in [0.25, 0.3) is 5.56 Å². The van der Waals surface area contributed by atoms with E-state index in [1.54, 1.807) is 19.1 Å². The smallest absolute Gasteiger partial charge is 0.352 e. The molecule has 1 aliphatic rings. The van der Waals surface area contributed by atoms with Gasteiger partial charge in [-0.1, -0.05) is 0 Å². The van der Waals surface area contributed by atoms with Crippen molar-refractivity contribution in [2.45, 2.75) is 19.9 Å². The third-order valence-corrected chi connectivity index (χ3v) is 4.43. The lowest BCUT2D eigenvalue weighted by atomic mass is 10.1. The van der Waals surface area contributed by atoms with Crippen molar-refractivity contribution in [3.63, 3.8) is 0 Å². The molecule has 28 heavy (non-hydrogen) atoms. The summed E-state index contributed by atoms with van der Waals surface area (Å²) in [5.41, 5.74) is -1.50. The van der Waals surface area contributed by atoms with E-state index >= 15 is 0 Å². The molecule has 0 spiro atoms. The summed E-state index contributed by atoms with van der Waals surface area (Å²) < 4.78 is 22.3. The van der Waals surface area contributed by atoms with Crippen molar-refractivity contribution in [1.29, 1.82) is 0 Å². The van der Waals surface area contributed by atoms with Crippen molar-refractivity contribution in [3.8, 4) is 23.8 Å². The highest BCUT2D eigenvalue weighted by molar-refractivity contribution is 6.07. The number of carbonyl (C=O) groups is 1. The molecule has 0 atom stereocenters. The molecule has 0 amide bonds. The minimum absolute atomic E-state index is 0.0321. The molecule has 142 valence electrons. The van der Waals surface area contributed by atoms with Crippen LogP contribution < -0.4 is 20.7 Å². The van der Waals surface area contributed by atoms with Crippen LogP contribution in [-0.4, -0.2) is 23.9 Å². The van der Waals surface area contributed by atoms with E-state index in [0.29, 0.717) is 27.7 Å². The summed E-state index contributed by atoms with van der Waals surface area (Å²) in [6.07, 6.45) is 5.59. The van der Waals surface area contributed by atoms with Gasteiger partial charge in [-0.15, -0.1) is 12.3 Å². The number of carbonyl (C=O) groups excluding carboxylic acids is 1. The first-order valence-electron chi connectivity index (χ1n) is 8.59. The molecular weight excluding hydrogens is 366 g/mol. The molecule has 3 aromatic rings. The summed E-state index contributed by atoms with van der Waals surface area (Å²) in [4.78, 5) is 37.5. The van der Waals surface area contributed by atoms with Gasteiger partial charge in [-0.3, -0.25) is 9.36 Å². The number of rotatable bonds is 4. The van der Waals surface area contributed by atoms with E-state index in [1.165, 1.54) is 10.6 Å². The standard InChI is InChI=1S/C20H15NO7/c1-3-5-6-21-17(22)12-9-16-15(26-10-27-16)8-11(12)13-7-14(19(23)25-4-2)20(24)28-18(13)21/h1,7-9H,4-6,10H2,2H3. The van der Waals surface area contributed by atoms with Crippen molar-refractivity contribution in [3.05, 3.63) is 44.5 Å². The average Bonchev–Trinajstić information content (AvgIpc) is 3.14. The van der Waals surface area contributed by atoms with E-state index in [-0.39, 0.29) is 43.2 Å². The number of fused-ring (bicyclic) bond motifs is 4. The molecule has 0 aliphatic carbocycles. The molecule has 0 saturated carbocycles. The van der Waals surface area contributed by atoms with Gasteiger partial charge in [0.15, 0.2) is 11.5 Å². The van der Waals surface area contributed by atoms with Crippen LogP contribution in [0.4, 0.5) is 0 Å². The maximum atomic E-state index is 13.0. The molecule has 0 bridgehead atoms. The first kappa shape index (κ1) is 17.7. The molecule has 3 heterocycles. The zero-order valence-electron chi connectivity index (χ0n) is 14.9. The zero-order valence-corrected chi connectivity index (χ0v) is 14.9. The molecule has 8 heteroatoms. The summed E-state index contributed by atoms with van der Waals surface area (Å²) in [6.45, 7) is 1.93. The minimum Gasteiger partial charge on any atom is -0.462 e. The number of hydrogen-bond donors (Lipinski definition) is 0. The highest BCUT2D eigenvalue weighted by atomic mass is 16.7. The fourth-order valence-electron chi connectivity index (χ4n) is 3.17. The predicted octanol–water partition coefficient (Wildman–Crippen LogP) is 2.04. The Balaban J connectivity index is 2.12. The lowest BCUT2D eigenvalue weighted by molar-refractivity contribution is 0.0521. The number of benzene rings is 1. The van der Waals surface area contributed by atoms with Crippen molar-refractivity contribution in [2.24, 2.45) is 0 Å². The Bertz CT molecular complexity index is 1280. The van der Waals surface area contributed by atoms with Crippen LogP contribution in [-0.2, 0) is 11.3 Å². The fraction of sp³-hybridized carbons (Fsp3) is 0.250. The van der Waals surface area contributed by atoms with E-state index in [1.807, 2.05) is 0 Å². The molecule has 1 aliphatic heterocycles. The van der Waals surface area contributed by atoms with Crippen molar-refractivity contribution < 1.29 is 23.4 Å². The van der Waals surface area contributed by atoms with E-state index < -0.39 is 11.6 Å². The quantitative estimate of drug-likeness (QED) is 0.387. The Morgan fingerprint density at radius 1 is 1.18 bits per heavy atom. The zero-order chi connectivity index (χ0) is 19.8. The lowest BCUT2D eigenvalue weighted by Gasteiger charge is -2.12. The number of aromatic nitrogens is 1. The number of nitrogens with zero attached hydrogens (tertiary/aromatic N) is 1. The second-order valence-electron chi connectivity index (χ2n) is 6.05. The van der Waals surface area contributed by atoms with Crippen LogP contribution in [0.1, 0.15) is 23.7 Å². The molecule has 0 unspecified atom stereocenters. The first-order chi connectivity index (χ1) is 13.5. The van der Waals surface area contributed by atoms with Crippen LogP contribution in [0.2, 0.25) is 0 Å². The molecule has 4 rings (SSSR count). The Morgan fingerprint density at radius 3 is 2.57 bits per heavy atom. The average molecular weight is 381 g/mol. The van der Waals surface area contributed by atoms with E-state index in [9.17, 15) is 14.4 Å². The summed E-state index contributed by atoms with van der Waals surface area (Å²) in [5, 5.41) is 1.19. The van der Waals surface area contributed by atoms with Crippen LogP contribution in [0.3, 0.4) is 0 Å². The lowest BCUT2D eigenvalue weighted by Crippen LogP contribution is -2.24. The topological polar surface area (TPSA) is 97.0 Å². The van der Waals surface area contributed by atoms with Gasteiger partial charge in [0.2, 0.25) is 12.5 Å². The first-order valence-corrected chi connectivity index (χ1v) is 8.59. The molecule has 0 radical (unpaired) electrons. The molecule has 0 saturated heterocycles. The highest BCUT2D eigenvalue weighted by Crippen LogP contribution is 2.37. The highest BCUT2D eigenvalue weighted by Gasteiger charge is 2.23. The van der Waals surface area contributed by atoms with E-state index in [2.05, 4.69) is 5.92 Å². The SMILES string of the molecule is C#CCCn1c(=O)c2cc3c(cc2c2cc(C(=O)OCC)c(=O)oc21)OCO3. The van der Waals surface area contributed by atoms with Crippen LogP contribution in [0.15, 0.2) is 32.2 Å². The van der Waals surface area contributed by atoms with E-state index in [4.69, 9.17) is 25.1 Å². The molecule has 2 aromatic heterocycles. The monoisotopic (exact) mass is 381 g/mol. The second kappa shape index (κ2) is 6.78. The molecule has 0 N–H and O–H groups in total. The molecular formula is C20H15NO7. The second-order valence-corrected chi connectivity index (χ2v) is 6.05. The number of esters is 1. The van der Waals surface area contributed by atoms with Crippen LogP contribution in [0, 0.1) is 12.3 Å². The Labute approximate surface area is 158 Å². The Morgan fingerprint density at radius 2 is 1.89 bits per heavy atom. The van der Waals surface area contributed by atoms with Crippen molar-refractivity contribution in [2.75, 3.05) is 13.4 Å². The van der Waals surface area contributed by atoms with Crippen LogP contribution >= 0.6 is 0 Å². The maximum Gasteiger partial charge on any atom is 0.352 e. The number of aryl methyl sites for hydroxylation is 1. The minimum atomic E-state index is -0.889. The van der Waals surface area contributed by atoms with Gasteiger partial charge < -0.3 is 18.6 Å². The summed E-state index contributed by atoms with van der Waals surface area (Å²) in [6, 6.07) is 4.57. The normalized spacial score (nSPS) is 12.3. The van der Waals surface area contributed by atoms with Gasteiger partial charge in [0.05, 0.1) is 12.0 Å². The number of terminal acetylenes is 1. The third-order valence-electron chi connectivity index (χ3n) is 4.43. The largest absolute Gasteiger partial charge is 0.462 e. The predicted molar refractivity (Wildman–Crippen MR) is 99.8 cm³/mol. The van der Waals surface area contributed by atoms with Crippen LogP contribution in [0.25, 0.3) is 21.9 Å². The van der Waals surface area contributed by atoms with Gasteiger partial charge >= 0.3 is 11.6 Å². The van der Waals surface area contributed by atoms with Gasteiger partial charge in [-0.05, 0) is 25.1 Å². The number of pyridine rings is 1. The third kappa shape index (κ3) is 2.68. The number of hydrogen-bond acceptors (Lipinski definition) is 7. The van der Waals surface area contributed by atoms with Crippen molar-refractivity contribution >= 4 is 27.8 Å². The van der Waals surface area contributed by atoms with Gasteiger partial charge in [0, 0.05) is 23.7 Å². The summed E-state index contributed by atoms with van der Waals surface area (Å²) >= 11 is 0. The van der Waals surface area contributed by atoms with Crippen LogP contribution in [0.5, 0.6) is 11.5 Å².